The van der Waals surface area contributed by atoms with Crippen molar-refractivity contribution in [3.8, 4) is 0 Å². The predicted octanol–water partition coefficient (Wildman–Crippen LogP) is 1.95. The fourth-order valence-electron chi connectivity index (χ4n) is 2.85. The maximum absolute atomic E-state index is 9.09. The van der Waals surface area contributed by atoms with Gasteiger partial charge in [-0.1, -0.05) is 24.6 Å². The van der Waals surface area contributed by atoms with Crippen molar-refractivity contribution in [3.63, 3.8) is 0 Å². The Bertz CT molecular complexity index is 442. The molecule has 1 aromatic rings. The molecule has 2 rings (SSSR count). The van der Waals surface area contributed by atoms with E-state index in [1.54, 1.807) is 0 Å². The Labute approximate surface area is 132 Å². The van der Waals surface area contributed by atoms with Gasteiger partial charge < -0.3 is 15.3 Å². The molecule has 1 heterocycles. The van der Waals surface area contributed by atoms with E-state index >= 15 is 0 Å². The van der Waals surface area contributed by atoms with Crippen molar-refractivity contribution in [1.82, 2.24) is 10.2 Å². The van der Waals surface area contributed by atoms with Crippen LogP contribution in [0.15, 0.2) is 18.2 Å². The summed E-state index contributed by atoms with van der Waals surface area (Å²) in [6.07, 6.45) is 1.12. The molecule has 0 bridgehead atoms. The molecule has 21 heavy (non-hydrogen) atoms. The zero-order valence-corrected chi connectivity index (χ0v) is 13.6. The normalized spacial score (nSPS) is 17.0. The Balaban J connectivity index is 2.11. The summed E-state index contributed by atoms with van der Waals surface area (Å²) in [5.41, 5.74) is 2.44. The van der Waals surface area contributed by atoms with Crippen molar-refractivity contribution in [3.05, 3.63) is 28.8 Å². The van der Waals surface area contributed by atoms with Crippen LogP contribution in [0.3, 0.4) is 0 Å². The number of benzene rings is 1. The lowest BCUT2D eigenvalue weighted by Gasteiger charge is -2.26. The second kappa shape index (κ2) is 8.59. The summed E-state index contributed by atoms with van der Waals surface area (Å²) in [4.78, 5) is 4.75. The fourth-order valence-corrected chi connectivity index (χ4v) is 3.08. The number of hydrogen-bond acceptors (Lipinski definition) is 4. The summed E-state index contributed by atoms with van der Waals surface area (Å²) in [7, 11) is 0. The molecule has 5 heteroatoms. The van der Waals surface area contributed by atoms with Crippen LogP contribution in [0.1, 0.15) is 18.9 Å². The molecule has 2 N–H and O–H groups in total. The largest absolute Gasteiger partial charge is 0.395 e. The zero-order valence-electron chi connectivity index (χ0n) is 12.8. The van der Waals surface area contributed by atoms with Gasteiger partial charge in [0.25, 0.3) is 0 Å². The molecule has 1 aliphatic rings. The lowest BCUT2D eigenvalue weighted by molar-refractivity contribution is 0.204. The topological polar surface area (TPSA) is 38.7 Å². The highest BCUT2D eigenvalue weighted by molar-refractivity contribution is 6.31. The lowest BCUT2D eigenvalue weighted by atomic mass is 10.1. The molecule has 0 unspecified atom stereocenters. The highest BCUT2D eigenvalue weighted by atomic mass is 35.5. The second-order valence-electron chi connectivity index (χ2n) is 5.42. The number of anilines is 1. The van der Waals surface area contributed by atoms with E-state index < -0.39 is 0 Å². The first kappa shape index (κ1) is 16.6. The molecule has 118 valence electrons. The van der Waals surface area contributed by atoms with E-state index in [1.807, 2.05) is 12.1 Å². The van der Waals surface area contributed by atoms with Crippen molar-refractivity contribution in [1.29, 1.82) is 0 Å². The fraction of sp³-hybridized carbons (Fsp3) is 0.625. The monoisotopic (exact) mass is 311 g/mol. The zero-order chi connectivity index (χ0) is 15.1. The number of β-amino-alcohol motifs (C(OH)–C–C–N with tert-alkyl or cyclic N) is 1. The molecule has 1 saturated heterocycles. The van der Waals surface area contributed by atoms with Crippen molar-refractivity contribution in [2.45, 2.75) is 19.9 Å². The van der Waals surface area contributed by atoms with Crippen molar-refractivity contribution < 1.29 is 5.11 Å². The molecule has 1 aliphatic heterocycles. The first-order valence-corrected chi connectivity index (χ1v) is 8.20. The summed E-state index contributed by atoms with van der Waals surface area (Å²) >= 11 is 6.39. The van der Waals surface area contributed by atoms with Gasteiger partial charge in [-0.15, -0.1) is 0 Å². The number of halogens is 1. The highest BCUT2D eigenvalue weighted by Gasteiger charge is 2.18. The first-order chi connectivity index (χ1) is 10.3. The molecule has 1 aromatic carbocycles. The molecule has 0 amide bonds. The van der Waals surface area contributed by atoms with Crippen LogP contribution >= 0.6 is 11.6 Å². The predicted molar refractivity (Wildman–Crippen MR) is 89.2 cm³/mol. The van der Waals surface area contributed by atoms with Gasteiger partial charge in [0.05, 0.1) is 6.61 Å². The standard InChI is InChI=1S/C16H26ClN3O/c1-2-18-13-14-15(17)5-3-6-16(14)20-8-4-7-19(9-10-20)11-12-21/h3,5-6,18,21H,2,4,7-13H2,1H3. The summed E-state index contributed by atoms with van der Waals surface area (Å²) in [6, 6.07) is 6.16. The van der Waals surface area contributed by atoms with Crippen LogP contribution in [-0.2, 0) is 6.54 Å². The van der Waals surface area contributed by atoms with Crippen LogP contribution in [0, 0.1) is 0 Å². The van der Waals surface area contributed by atoms with Gasteiger partial charge in [-0.2, -0.15) is 0 Å². The minimum atomic E-state index is 0.239. The van der Waals surface area contributed by atoms with Crippen LogP contribution in [0.25, 0.3) is 0 Å². The van der Waals surface area contributed by atoms with Crippen LogP contribution in [-0.4, -0.2) is 55.9 Å². The van der Waals surface area contributed by atoms with E-state index in [4.69, 9.17) is 16.7 Å². The number of nitrogens with one attached hydrogen (secondary N) is 1. The third-order valence-electron chi connectivity index (χ3n) is 3.99. The maximum atomic E-state index is 9.09. The average Bonchev–Trinajstić information content (AvgIpc) is 2.72. The van der Waals surface area contributed by atoms with Gasteiger partial charge >= 0.3 is 0 Å². The molecule has 0 radical (unpaired) electrons. The summed E-state index contributed by atoms with van der Waals surface area (Å²) < 4.78 is 0. The lowest BCUT2D eigenvalue weighted by Crippen LogP contribution is -2.33. The number of aliphatic hydroxyl groups is 1. The minimum absolute atomic E-state index is 0.239. The van der Waals surface area contributed by atoms with Gasteiger partial charge in [0.2, 0.25) is 0 Å². The van der Waals surface area contributed by atoms with Crippen molar-refractivity contribution in [2.75, 3.05) is 50.8 Å². The molecular weight excluding hydrogens is 286 g/mol. The molecule has 4 nitrogen and oxygen atoms in total. The Morgan fingerprint density at radius 2 is 2.10 bits per heavy atom. The van der Waals surface area contributed by atoms with E-state index in [0.29, 0.717) is 0 Å². The van der Waals surface area contributed by atoms with E-state index in [1.165, 1.54) is 11.3 Å². The Morgan fingerprint density at radius 1 is 1.24 bits per heavy atom. The molecule has 0 spiro atoms. The third-order valence-corrected chi connectivity index (χ3v) is 4.35. The Kier molecular flexibility index (Phi) is 6.77. The Hall–Kier alpha value is -0.810. The van der Waals surface area contributed by atoms with E-state index in [-0.39, 0.29) is 6.61 Å². The number of nitrogens with zero attached hydrogens (tertiary/aromatic N) is 2. The quantitative estimate of drug-likeness (QED) is 0.842. The summed E-state index contributed by atoms with van der Waals surface area (Å²) in [5, 5.41) is 13.3. The molecule has 0 aliphatic carbocycles. The van der Waals surface area contributed by atoms with Crippen LogP contribution in [0.5, 0.6) is 0 Å². The van der Waals surface area contributed by atoms with Crippen molar-refractivity contribution in [2.24, 2.45) is 0 Å². The minimum Gasteiger partial charge on any atom is -0.395 e. The van der Waals surface area contributed by atoms with E-state index in [2.05, 4.69) is 28.1 Å². The number of hydrogen-bond donors (Lipinski definition) is 2. The number of aliphatic hydroxyl groups excluding tert-OH is 1. The number of rotatable bonds is 6. The summed E-state index contributed by atoms with van der Waals surface area (Å²) in [5.74, 6) is 0. The first-order valence-electron chi connectivity index (χ1n) is 7.82. The Morgan fingerprint density at radius 3 is 2.86 bits per heavy atom. The van der Waals surface area contributed by atoms with Gasteiger partial charge in [0.15, 0.2) is 0 Å². The van der Waals surface area contributed by atoms with Crippen LogP contribution < -0.4 is 10.2 Å². The van der Waals surface area contributed by atoms with Crippen LogP contribution in [0.2, 0.25) is 5.02 Å². The summed E-state index contributed by atoms with van der Waals surface area (Å²) in [6.45, 7) is 8.94. The average molecular weight is 312 g/mol. The molecule has 0 atom stereocenters. The second-order valence-corrected chi connectivity index (χ2v) is 5.83. The molecule has 0 saturated carbocycles. The maximum Gasteiger partial charge on any atom is 0.0558 e. The van der Waals surface area contributed by atoms with Gasteiger partial charge in [-0.05, 0) is 31.6 Å². The molecule has 1 fully saturated rings. The molecular formula is C16H26ClN3O. The SMILES string of the molecule is CCNCc1c(Cl)cccc1N1CCCN(CCO)CC1. The van der Waals surface area contributed by atoms with Gasteiger partial charge in [0.1, 0.15) is 0 Å². The van der Waals surface area contributed by atoms with Crippen molar-refractivity contribution >= 4 is 17.3 Å². The van der Waals surface area contributed by atoms with Gasteiger partial charge in [-0.3, -0.25) is 4.90 Å². The van der Waals surface area contributed by atoms with Gasteiger partial charge in [0, 0.05) is 49.0 Å². The third kappa shape index (κ3) is 4.58. The molecule has 0 aromatic heterocycles. The smallest absolute Gasteiger partial charge is 0.0558 e. The highest BCUT2D eigenvalue weighted by Crippen LogP contribution is 2.28. The van der Waals surface area contributed by atoms with E-state index in [0.717, 1.165) is 57.3 Å². The van der Waals surface area contributed by atoms with E-state index in [9.17, 15) is 0 Å². The van der Waals surface area contributed by atoms with Gasteiger partial charge in [-0.25, -0.2) is 0 Å². The van der Waals surface area contributed by atoms with Crippen LogP contribution in [0.4, 0.5) is 5.69 Å².